The number of fused-ring (bicyclic) bond motifs is 1. The molecule has 0 radical (unpaired) electrons. The number of aryl methyl sites for hydroxylation is 1. The Hall–Kier alpha value is -2.55. The number of azo groups is 1. The number of hydrogen-bond donors (Lipinski definition) is 1. The van der Waals surface area contributed by atoms with E-state index in [1.165, 1.54) is 11.3 Å². The zero-order valence-corrected chi connectivity index (χ0v) is 21.2. The molecular formula is C24H34N7P. The van der Waals surface area contributed by atoms with Crippen molar-refractivity contribution in [2.24, 2.45) is 10.2 Å². The summed E-state index contributed by atoms with van der Waals surface area (Å²) in [6.07, 6.45) is 1.09. The van der Waals surface area contributed by atoms with E-state index in [0.29, 0.717) is 36.1 Å². The Kier molecular flexibility index (Phi) is 7.17. The van der Waals surface area contributed by atoms with Crippen LogP contribution in [0.1, 0.15) is 69.3 Å². The SMILES string of the molecule is C=C(C)c1nn(CCNP)c(N=Nc2cc3c(cc2C)N(CC)C(C)(C)CC3C)c1C#N. The van der Waals surface area contributed by atoms with Gasteiger partial charge in [-0.3, -0.25) is 5.09 Å². The maximum absolute atomic E-state index is 9.77. The molecule has 1 aliphatic rings. The Labute approximate surface area is 193 Å². The van der Waals surface area contributed by atoms with E-state index in [-0.39, 0.29) is 5.54 Å². The molecule has 0 saturated carbocycles. The van der Waals surface area contributed by atoms with Gasteiger partial charge in [0, 0.05) is 24.3 Å². The van der Waals surface area contributed by atoms with Crippen molar-refractivity contribution in [3.63, 3.8) is 0 Å². The van der Waals surface area contributed by atoms with Gasteiger partial charge in [0.25, 0.3) is 0 Å². The van der Waals surface area contributed by atoms with Crippen LogP contribution in [-0.4, -0.2) is 28.4 Å². The molecular weight excluding hydrogens is 417 g/mol. The standard InChI is InChI=1S/C24H34N7P/c1-8-30-21-11-16(4)20(12-18(21)17(5)13-24(30,6)7)27-28-23-19(14-25)22(15(2)3)29-31(23)10-9-26-32/h11-12,17,26H,2,8-10,13,32H2,1,3-7H3. The predicted molar refractivity (Wildman–Crippen MR) is 135 cm³/mol. The van der Waals surface area contributed by atoms with Crippen molar-refractivity contribution < 1.29 is 0 Å². The van der Waals surface area contributed by atoms with Crippen LogP contribution in [0.2, 0.25) is 0 Å². The van der Waals surface area contributed by atoms with Crippen molar-refractivity contribution in [1.29, 1.82) is 5.26 Å². The summed E-state index contributed by atoms with van der Waals surface area (Å²) in [5.74, 6) is 0.896. The molecule has 0 spiro atoms. The monoisotopic (exact) mass is 451 g/mol. The van der Waals surface area contributed by atoms with E-state index in [2.05, 4.69) is 94.1 Å². The molecule has 0 aliphatic carbocycles. The van der Waals surface area contributed by atoms with Gasteiger partial charge in [0.05, 0.1) is 12.2 Å². The molecule has 3 rings (SSSR count). The van der Waals surface area contributed by atoms with E-state index in [9.17, 15) is 5.26 Å². The van der Waals surface area contributed by atoms with E-state index in [1.54, 1.807) is 4.68 Å². The molecule has 1 aromatic carbocycles. The Bertz CT molecular complexity index is 1090. The molecule has 1 aliphatic heterocycles. The molecule has 2 atom stereocenters. The molecule has 0 amide bonds. The van der Waals surface area contributed by atoms with Crippen LogP contribution in [0.15, 0.2) is 28.9 Å². The summed E-state index contributed by atoms with van der Waals surface area (Å²) >= 11 is 0. The lowest BCUT2D eigenvalue weighted by Gasteiger charge is -2.47. The van der Waals surface area contributed by atoms with Gasteiger partial charge in [0.2, 0.25) is 0 Å². The first-order valence-electron chi connectivity index (χ1n) is 11.1. The van der Waals surface area contributed by atoms with Crippen LogP contribution in [0.5, 0.6) is 0 Å². The van der Waals surface area contributed by atoms with Crippen molar-refractivity contribution in [1.82, 2.24) is 14.9 Å². The highest BCUT2D eigenvalue weighted by Gasteiger charge is 2.35. The summed E-state index contributed by atoms with van der Waals surface area (Å²) in [7, 11) is 2.48. The molecule has 0 fully saturated rings. The molecule has 2 aromatic rings. The summed E-state index contributed by atoms with van der Waals surface area (Å²) in [6.45, 7) is 19.2. The minimum atomic E-state index is 0.120. The summed E-state index contributed by atoms with van der Waals surface area (Å²) in [5, 5.41) is 26.5. The maximum Gasteiger partial charge on any atom is 0.191 e. The normalized spacial score (nSPS) is 17.4. The number of rotatable bonds is 7. The highest BCUT2D eigenvalue weighted by Crippen LogP contribution is 2.45. The van der Waals surface area contributed by atoms with E-state index >= 15 is 0 Å². The lowest BCUT2D eigenvalue weighted by Crippen LogP contribution is -2.48. The van der Waals surface area contributed by atoms with Gasteiger partial charge in [-0.1, -0.05) is 22.9 Å². The fraction of sp³-hybridized carbons (Fsp3) is 0.500. The molecule has 8 heteroatoms. The number of aromatic nitrogens is 2. The minimum absolute atomic E-state index is 0.120. The van der Waals surface area contributed by atoms with Crippen LogP contribution in [0.4, 0.5) is 17.2 Å². The summed E-state index contributed by atoms with van der Waals surface area (Å²) < 4.78 is 1.72. The van der Waals surface area contributed by atoms with Gasteiger partial charge in [-0.15, -0.1) is 10.2 Å². The van der Waals surface area contributed by atoms with Gasteiger partial charge >= 0.3 is 0 Å². The molecule has 2 unspecified atom stereocenters. The third kappa shape index (κ3) is 4.48. The molecule has 1 N–H and O–H groups in total. The Balaban J connectivity index is 2.07. The van der Waals surface area contributed by atoms with Crippen LogP contribution < -0.4 is 9.99 Å². The third-order valence-electron chi connectivity index (χ3n) is 6.18. The molecule has 32 heavy (non-hydrogen) atoms. The van der Waals surface area contributed by atoms with Gasteiger partial charge in [-0.25, -0.2) is 4.68 Å². The first kappa shape index (κ1) is 24.1. The van der Waals surface area contributed by atoms with Gasteiger partial charge in [0.1, 0.15) is 17.3 Å². The van der Waals surface area contributed by atoms with Crippen LogP contribution in [0.3, 0.4) is 0 Å². The number of nitrogens with one attached hydrogen (secondary N) is 1. The fourth-order valence-electron chi connectivity index (χ4n) is 4.71. The van der Waals surface area contributed by atoms with E-state index in [0.717, 1.165) is 29.8 Å². The zero-order valence-electron chi connectivity index (χ0n) is 20.0. The van der Waals surface area contributed by atoms with Gasteiger partial charge in [-0.05, 0) is 75.8 Å². The predicted octanol–water partition coefficient (Wildman–Crippen LogP) is 6.00. The Morgan fingerprint density at radius 1 is 1.41 bits per heavy atom. The fourth-order valence-corrected chi connectivity index (χ4v) is 4.84. The molecule has 1 aromatic heterocycles. The van der Waals surface area contributed by atoms with Gasteiger partial charge < -0.3 is 4.90 Å². The molecule has 170 valence electrons. The summed E-state index contributed by atoms with van der Waals surface area (Å²) in [6, 6.07) is 6.63. The highest BCUT2D eigenvalue weighted by molar-refractivity contribution is 7.13. The zero-order chi connectivity index (χ0) is 23.6. The molecule has 0 saturated heterocycles. The van der Waals surface area contributed by atoms with E-state index < -0.39 is 0 Å². The molecule has 0 bridgehead atoms. The van der Waals surface area contributed by atoms with Crippen LogP contribution in [-0.2, 0) is 6.54 Å². The quantitative estimate of drug-likeness (QED) is 0.413. The number of nitriles is 1. The smallest absolute Gasteiger partial charge is 0.191 e. The molecule has 2 heterocycles. The number of benzene rings is 1. The average molecular weight is 452 g/mol. The minimum Gasteiger partial charge on any atom is -0.366 e. The van der Waals surface area contributed by atoms with Crippen LogP contribution in [0.25, 0.3) is 5.57 Å². The van der Waals surface area contributed by atoms with Crippen LogP contribution in [0, 0.1) is 18.3 Å². The van der Waals surface area contributed by atoms with E-state index in [4.69, 9.17) is 0 Å². The molecule has 7 nitrogen and oxygen atoms in total. The van der Waals surface area contributed by atoms with Crippen molar-refractivity contribution >= 4 is 32.2 Å². The number of anilines is 1. The van der Waals surface area contributed by atoms with Crippen molar-refractivity contribution in [3.8, 4) is 6.07 Å². The summed E-state index contributed by atoms with van der Waals surface area (Å²) in [5.41, 5.74) is 6.30. The van der Waals surface area contributed by atoms with Crippen molar-refractivity contribution in [3.05, 3.63) is 41.1 Å². The lowest BCUT2D eigenvalue weighted by molar-refractivity contribution is 0.381. The number of hydrogen-bond acceptors (Lipinski definition) is 6. The summed E-state index contributed by atoms with van der Waals surface area (Å²) in [4.78, 5) is 2.48. The van der Waals surface area contributed by atoms with Crippen LogP contribution >= 0.6 is 9.39 Å². The number of nitrogens with zero attached hydrogens (tertiary/aromatic N) is 6. The largest absolute Gasteiger partial charge is 0.366 e. The average Bonchev–Trinajstić information content (AvgIpc) is 3.08. The van der Waals surface area contributed by atoms with Crippen molar-refractivity contribution in [2.75, 3.05) is 18.0 Å². The lowest BCUT2D eigenvalue weighted by atomic mass is 9.79. The first-order valence-corrected chi connectivity index (χ1v) is 11.7. The topological polar surface area (TPSA) is 81.6 Å². The second-order valence-corrected chi connectivity index (χ2v) is 9.58. The van der Waals surface area contributed by atoms with E-state index in [1.807, 2.05) is 6.92 Å². The highest BCUT2D eigenvalue weighted by atomic mass is 31.0. The van der Waals surface area contributed by atoms with Crippen molar-refractivity contribution in [2.45, 2.75) is 66.0 Å². The maximum atomic E-state index is 9.77. The third-order valence-corrected chi connectivity index (χ3v) is 6.47. The van der Waals surface area contributed by atoms with Gasteiger partial charge in [-0.2, -0.15) is 10.4 Å². The first-order chi connectivity index (χ1) is 15.1. The Morgan fingerprint density at radius 3 is 2.72 bits per heavy atom. The number of allylic oxidation sites excluding steroid dienone is 1. The Morgan fingerprint density at radius 2 is 2.12 bits per heavy atom. The van der Waals surface area contributed by atoms with Gasteiger partial charge in [0.15, 0.2) is 5.82 Å². The second kappa shape index (κ2) is 9.52. The second-order valence-electron chi connectivity index (χ2n) is 9.18.